The molecule has 0 aliphatic rings. The number of nitrogens with two attached hydrogens (primary N) is 1. The molecule has 0 saturated heterocycles. The van der Waals surface area contributed by atoms with Crippen molar-refractivity contribution in [3.8, 4) is 11.6 Å². The van der Waals surface area contributed by atoms with Crippen LogP contribution in [0.15, 0.2) is 24.4 Å². The van der Waals surface area contributed by atoms with E-state index in [1.807, 2.05) is 19.1 Å². The number of aromatic nitrogens is 2. The molecule has 2 rings (SSSR count). The molecule has 1 aromatic carbocycles. The minimum atomic E-state index is 0.137. The summed E-state index contributed by atoms with van der Waals surface area (Å²) in [4.78, 5) is 7.82. The Kier molecular flexibility index (Phi) is 3.90. The monoisotopic (exact) mass is 277 g/mol. The average Bonchev–Trinajstić information content (AvgIpc) is 2.33. The van der Waals surface area contributed by atoms with E-state index >= 15 is 0 Å². The molecule has 2 N–H and O–H groups in total. The van der Waals surface area contributed by atoms with Crippen molar-refractivity contribution in [1.82, 2.24) is 9.97 Å². The fourth-order valence-corrected chi connectivity index (χ4v) is 1.88. The second kappa shape index (κ2) is 5.45. The minimum absolute atomic E-state index is 0.137. The second-order valence-corrected chi connectivity index (χ2v) is 5.09. The number of anilines is 1. The number of ether oxygens (including phenoxy) is 1. The van der Waals surface area contributed by atoms with E-state index in [2.05, 4.69) is 29.9 Å². The molecule has 0 aliphatic heterocycles. The van der Waals surface area contributed by atoms with Crippen molar-refractivity contribution in [2.45, 2.75) is 26.7 Å². The first-order valence-corrected chi connectivity index (χ1v) is 6.41. The van der Waals surface area contributed by atoms with Crippen molar-refractivity contribution in [2.75, 3.05) is 5.73 Å². The summed E-state index contributed by atoms with van der Waals surface area (Å²) < 4.78 is 5.80. The van der Waals surface area contributed by atoms with Crippen LogP contribution in [0.5, 0.6) is 11.6 Å². The first-order chi connectivity index (χ1) is 8.97. The van der Waals surface area contributed by atoms with Gasteiger partial charge in [-0.05, 0) is 30.0 Å². The van der Waals surface area contributed by atoms with Gasteiger partial charge >= 0.3 is 0 Å². The molecule has 0 unspecified atom stereocenters. The zero-order valence-electron chi connectivity index (χ0n) is 11.1. The molecule has 19 heavy (non-hydrogen) atoms. The van der Waals surface area contributed by atoms with Crippen molar-refractivity contribution in [3.63, 3.8) is 0 Å². The number of nitrogen functional groups attached to an aromatic ring is 1. The van der Waals surface area contributed by atoms with Gasteiger partial charge in [-0.25, -0.2) is 4.98 Å². The molecular formula is C14H16ClN3O. The van der Waals surface area contributed by atoms with Gasteiger partial charge in [0.25, 0.3) is 0 Å². The van der Waals surface area contributed by atoms with E-state index in [1.54, 1.807) is 0 Å². The summed E-state index contributed by atoms with van der Waals surface area (Å²) in [5.74, 6) is 1.50. The Morgan fingerprint density at radius 2 is 2.05 bits per heavy atom. The van der Waals surface area contributed by atoms with Crippen molar-refractivity contribution < 1.29 is 4.74 Å². The Balaban J connectivity index is 2.42. The van der Waals surface area contributed by atoms with E-state index < -0.39 is 0 Å². The summed E-state index contributed by atoms with van der Waals surface area (Å²) in [7, 11) is 0. The van der Waals surface area contributed by atoms with Gasteiger partial charge in [0.2, 0.25) is 11.8 Å². The Morgan fingerprint density at radius 1 is 1.32 bits per heavy atom. The third kappa shape index (κ3) is 3.15. The Hall–Kier alpha value is -1.81. The molecular weight excluding hydrogens is 262 g/mol. The van der Waals surface area contributed by atoms with E-state index in [9.17, 15) is 0 Å². The van der Waals surface area contributed by atoms with Gasteiger partial charge in [0.1, 0.15) is 10.8 Å². The van der Waals surface area contributed by atoms with E-state index in [0.717, 1.165) is 16.9 Å². The lowest BCUT2D eigenvalue weighted by Gasteiger charge is -2.14. The van der Waals surface area contributed by atoms with Crippen LogP contribution >= 0.6 is 11.6 Å². The highest BCUT2D eigenvalue weighted by Crippen LogP contribution is 2.33. The third-order valence-corrected chi connectivity index (χ3v) is 2.99. The molecule has 0 radical (unpaired) electrons. The van der Waals surface area contributed by atoms with Crippen LogP contribution in [0, 0.1) is 6.92 Å². The molecule has 1 heterocycles. The standard InChI is InChI=1S/C14H16ClN3O/c1-8(2)10-5-4-9(3)6-12(10)19-13-11(15)7-17-14(16)18-13/h4-8H,1-3H3,(H2,16,17,18). The lowest BCUT2D eigenvalue weighted by atomic mass is 10.0. The summed E-state index contributed by atoms with van der Waals surface area (Å²) in [5.41, 5.74) is 7.75. The normalized spacial score (nSPS) is 10.8. The van der Waals surface area contributed by atoms with Crippen LogP contribution in [-0.2, 0) is 0 Å². The number of rotatable bonds is 3. The van der Waals surface area contributed by atoms with Gasteiger partial charge in [0.15, 0.2) is 0 Å². The van der Waals surface area contributed by atoms with E-state index in [0.29, 0.717) is 10.9 Å². The summed E-state index contributed by atoms with van der Waals surface area (Å²) in [5, 5.41) is 0.338. The van der Waals surface area contributed by atoms with Gasteiger partial charge in [-0.3, -0.25) is 0 Å². The maximum Gasteiger partial charge on any atom is 0.243 e. The van der Waals surface area contributed by atoms with Gasteiger partial charge in [0, 0.05) is 0 Å². The molecule has 4 nitrogen and oxygen atoms in total. The third-order valence-electron chi connectivity index (χ3n) is 2.73. The van der Waals surface area contributed by atoms with E-state index in [-0.39, 0.29) is 11.8 Å². The highest BCUT2D eigenvalue weighted by Gasteiger charge is 2.12. The molecule has 0 bridgehead atoms. The predicted molar refractivity (Wildman–Crippen MR) is 76.8 cm³/mol. The second-order valence-electron chi connectivity index (χ2n) is 4.68. The predicted octanol–water partition coefficient (Wildman–Crippen LogP) is 3.94. The van der Waals surface area contributed by atoms with Gasteiger partial charge in [-0.2, -0.15) is 4.98 Å². The Bertz CT molecular complexity index is 599. The molecule has 1 aromatic heterocycles. The van der Waals surface area contributed by atoms with Crippen LogP contribution in [0.25, 0.3) is 0 Å². The molecule has 0 saturated carbocycles. The van der Waals surface area contributed by atoms with Crippen LogP contribution in [0.2, 0.25) is 5.02 Å². The lowest BCUT2D eigenvalue weighted by molar-refractivity contribution is 0.454. The summed E-state index contributed by atoms with van der Waals surface area (Å²) in [6, 6.07) is 6.07. The number of benzene rings is 1. The molecule has 0 aliphatic carbocycles. The maximum absolute atomic E-state index is 6.01. The molecule has 5 heteroatoms. The van der Waals surface area contributed by atoms with Crippen molar-refractivity contribution in [3.05, 3.63) is 40.5 Å². The Labute approximate surface area is 117 Å². The molecule has 0 spiro atoms. The van der Waals surface area contributed by atoms with Gasteiger partial charge in [-0.15, -0.1) is 0 Å². The fraction of sp³-hybridized carbons (Fsp3) is 0.286. The number of aryl methyl sites for hydroxylation is 1. The topological polar surface area (TPSA) is 61.0 Å². The molecule has 2 aromatic rings. The number of hydrogen-bond donors (Lipinski definition) is 1. The van der Waals surface area contributed by atoms with Crippen molar-refractivity contribution in [1.29, 1.82) is 0 Å². The number of halogens is 1. The first kappa shape index (κ1) is 13.6. The van der Waals surface area contributed by atoms with Crippen LogP contribution in [-0.4, -0.2) is 9.97 Å². The molecule has 0 amide bonds. The van der Waals surface area contributed by atoms with Gasteiger partial charge < -0.3 is 10.5 Å². The summed E-state index contributed by atoms with van der Waals surface area (Å²) in [6.07, 6.45) is 1.43. The molecule has 0 atom stereocenters. The van der Waals surface area contributed by atoms with Crippen LogP contribution in [0.1, 0.15) is 30.9 Å². The number of hydrogen-bond acceptors (Lipinski definition) is 4. The van der Waals surface area contributed by atoms with Crippen LogP contribution < -0.4 is 10.5 Å². The molecule has 100 valence electrons. The van der Waals surface area contributed by atoms with E-state index in [1.165, 1.54) is 6.20 Å². The highest BCUT2D eigenvalue weighted by atomic mass is 35.5. The molecule has 0 fully saturated rings. The largest absolute Gasteiger partial charge is 0.437 e. The zero-order valence-corrected chi connectivity index (χ0v) is 11.9. The van der Waals surface area contributed by atoms with E-state index in [4.69, 9.17) is 22.1 Å². The SMILES string of the molecule is Cc1ccc(C(C)C)c(Oc2nc(N)ncc2Cl)c1. The van der Waals surface area contributed by atoms with Crippen LogP contribution in [0.4, 0.5) is 5.95 Å². The minimum Gasteiger partial charge on any atom is -0.437 e. The summed E-state index contributed by atoms with van der Waals surface area (Å²) >= 11 is 6.01. The van der Waals surface area contributed by atoms with Crippen molar-refractivity contribution in [2.24, 2.45) is 0 Å². The summed E-state index contributed by atoms with van der Waals surface area (Å²) in [6.45, 7) is 6.22. The zero-order chi connectivity index (χ0) is 14.0. The van der Waals surface area contributed by atoms with Crippen LogP contribution in [0.3, 0.4) is 0 Å². The fourth-order valence-electron chi connectivity index (χ4n) is 1.75. The van der Waals surface area contributed by atoms with Gasteiger partial charge in [-0.1, -0.05) is 37.6 Å². The lowest BCUT2D eigenvalue weighted by Crippen LogP contribution is -2.00. The van der Waals surface area contributed by atoms with Gasteiger partial charge in [0.05, 0.1) is 6.20 Å². The quantitative estimate of drug-likeness (QED) is 0.923. The Morgan fingerprint density at radius 3 is 2.74 bits per heavy atom. The average molecular weight is 278 g/mol. The smallest absolute Gasteiger partial charge is 0.243 e. The van der Waals surface area contributed by atoms with Crippen molar-refractivity contribution >= 4 is 17.5 Å². The number of nitrogens with zero attached hydrogens (tertiary/aromatic N) is 2. The maximum atomic E-state index is 6.01. The first-order valence-electron chi connectivity index (χ1n) is 6.04. The highest BCUT2D eigenvalue weighted by molar-refractivity contribution is 6.31.